The van der Waals surface area contributed by atoms with E-state index in [1.54, 1.807) is 0 Å². The molecule has 1 aromatic carbocycles. The van der Waals surface area contributed by atoms with E-state index < -0.39 is 0 Å². The average Bonchev–Trinajstić information content (AvgIpc) is 2.52. The third-order valence-electron chi connectivity index (χ3n) is 2.33. The van der Waals surface area contributed by atoms with Crippen LogP contribution in [0.2, 0.25) is 10.0 Å². The summed E-state index contributed by atoms with van der Waals surface area (Å²) < 4.78 is 0. The molecule has 76 valence electrons. The first kappa shape index (κ1) is 10.2. The number of rotatable bonds is 1. The maximum absolute atomic E-state index is 6.07. The lowest BCUT2D eigenvalue weighted by atomic mass is 10.0. The molecular weight excluding hydrogens is 221 g/mol. The van der Waals surface area contributed by atoms with Crippen LogP contribution in [0, 0.1) is 0 Å². The first-order valence-corrected chi connectivity index (χ1v) is 5.13. The standard InChI is InChI=1S/C9H11Cl2N3/c10-5-2-1-3-6(11)8(5)9-7(12)4-13-14-9/h1-3,7,9,13-14H,4,12H2. The number of hydrogen-bond acceptors (Lipinski definition) is 3. The number of nitrogens with two attached hydrogens (primary N) is 1. The number of benzene rings is 1. The highest BCUT2D eigenvalue weighted by Crippen LogP contribution is 2.32. The molecule has 0 radical (unpaired) electrons. The Morgan fingerprint density at radius 2 is 1.93 bits per heavy atom. The Morgan fingerprint density at radius 3 is 2.43 bits per heavy atom. The van der Waals surface area contributed by atoms with Crippen molar-refractivity contribution in [1.29, 1.82) is 0 Å². The van der Waals surface area contributed by atoms with Gasteiger partial charge in [0, 0.05) is 28.2 Å². The van der Waals surface area contributed by atoms with Gasteiger partial charge in [-0.3, -0.25) is 5.43 Å². The molecule has 3 nitrogen and oxygen atoms in total. The van der Waals surface area contributed by atoms with Gasteiger partial charge in [-0.2, -0.15) is 0 Å². The third-order valence-corrected chi connectivity index (χ3v) is 2.99. The van der Waals surface area contributed by atoms with Crippen LogP contribution >= 0.6 is 23.2 Å². The Bertz CT molecular complexity index is 323. The molecule has 1 saturated heterocycles. The third kappa shape index (κ3) is 1.74. The van der Waals surface area contributed by atoms with Crippen LogP contribution < -0.4 is 16.6 Å². The lowest BCUT2D eigenvalue weighted by Gasteiger charge is -2.17. The maximum Gasteiger partial charge on any atom is 0.0655 e. The predicted octanol–water partition coefficient (Wildman–Crippen LogP) is 1.47. The molecule has 0 saturated carbocycles. The summed E-state index contributed by atoms with van der Waals surface area (Å²) in [4.78, 5) is 0. The highest BCUT2D eigenvalue weighted by molar-refractivity contribution is 6.36. The van der Waals surface area contributed by atoms with Crippen LogP contribution in [0.3, 0.4) is 0 Å². The van der Waals surface area contributed by atoms with Crippen LogP contribution in [-0.2, 0) is 0 Å². The van der Waals surface area contributed by atoms with Gasteiger partial charge in [-0.15, -0.1) is 0 Å². The minimum Gasteiger partial charge on any atom is -0.325 e. The van der Waals surface area contributed by atoms with E-state index in [2.05, 4.69) is 10.9 Å². The van der Waals surface area contributed by atoms with Crippen molar-refractivity contribution in [3.8, 4) is 0 Å². The van der Waals surface area contributed by atoms with Crippen molar-refractivity contribution < 1.29 is 0 Å². The number of hydrazine groups is 1. The van der Waals surface area contributed by atoms with E-state index in [9.17, 15) is 0 Å². The largest absolute Gasteiger partial charge is 0.325 e. The molecule has 1 aromatic rings. The maximum atomic E-state index is 6.07. The molecule has 1 heterocycles. The summed E-state index contributed by atoms with van der Waals surface area (Å²) >= 11 is 12.1. The van der Waals surface area contributed by atoms with E-state index in [1.165, 1.54) is 0 Å². The Hall–Kier alpha value is -0.320. The highest BCUT2D eigenvalue weighted by Gasteiger charge is 2.28. The van der Waals surface area contributed by atoms with Crippen LogP contribution in [0.5, 0.6) is 0 Å². The van der Waals surface area contributed by atoms with Crippen molar-refractivity contribution in [3.63, 3.8) is 0 Å². The monoisotopic (exact) mass is 231 g/mol. The van der Waals surface area contributed by atoms with E-state index >= 15 is 0 Å². The van der Waals surface area contributed by atoms with Gasteiger partial charge >= 0.3 is 0 Å². The lowest BCUT2D eigenvalue weighted by molar-refractivity contribution is 0.551. The molecule has 0 aromatic heterocycles. The van der Waals surface area contributed by atoms with E-state index in [0.717, 1.165) is 5.56 Å². The second kappa shape index (κ2) is 4.04. The predicted molar refractivity (Wildman–Crippen MR) is 58.3 cm³/mol. The molecule has 2 atom stereocenters. The Labute approximate surface area is 92.5 Å². The van der Waals surface area contributed by atoms with Crippen molar-refractivity contribution >= 4 is 23.2 Å². The lowest BCUT2D eigenvalue weighted by Crippen LogP contribution is -2.30. The van der Waals surface area contributed by atoms with Gasteiger partial charge < -0.3 is 5.73 Å². The van der Waals surface area contributed by atoms with Gasteiger partial charge in [0.05, 0.1) is 6.04 Å². The molecule has 4 N–H and O–H groups in total. The number of hydrogen-bond donors (Lipinski definition) is 3. The molecule has 0 spiro atoms. The minimum absolute atomic E-state index is 0.00704. The number of nitrogens with one attached hydrogen (secondary N) is 2. The van der Waals surface area contributed by atoms with Crippen molar-refractivity contribution in [2.45, 2.75) is 12.1 Å². The van der Waals surface area contributed by atoms with Crippen LogP contribution in [0.25, 0.3) is 0 Å². The zero-order valence-electron chi connectivity index (χ0n) is 7.43. The van der Waals surface area contributed by atoms with Gasteiger partial charge in [0.25, 0.3) is 0 Å². The van der Waals surface area contributed by atoms with E-state index in [0.29, 0.717) is 16.6 Å². The molecule has 1 aliphatic rings. The highest BCUT2D eigenvalue weighted by atomic mass is 35.5. The molecule has 5 heteroatoms. The fourth-order valence-electron chi connectivity index (χ4n) is 1.61. The van der Waals surface area contributed by atoms with Crippen molar-refractivity contribution in [2.75, 3.05) is 6.54 Å². The molecule has 1 fully saturated rings. The normalized spacial score (nSPS) is 26.8. The summed E-state index contributed by atoms with van der Waals surface area (Å²) in [6, 6.07) is 5.43. The first-order valence-electron chi connectivity index (χ1n) is 4.38. The second-order valence-corrected chi connectivity index (χ2v) is 4.12. The van der Waals surface area contributed by atoms with Gasteiger partial charge in [-0.1, -0.05) is 29.3 Å². The summed E-state index contributed by atoms with van der Waals surface area (Å²) in [7, 11) is 0. The topological polar surface area (TPSA) is 50.1 Å². The fourth-order valence-corrected chi connectivity index (χ4v) is 2.24. The van der Waals surface area contributed by atoms with E-state index in [4.69, 9.17) is 28.9 Å². The smallest absolute Gasteiger partial charge is 0.0655 e. The second-order valence-electron chi connectivity index (χ2n) is 3.30. The Balaban J connectivity index is 2.39. The first-order chi connectivity index (χ1) is 6.70. The zero-order chi connectivity index (χ0) is 10.1. The van der Waals surface area contributed by atoms with Crippen molar-refractivity contribution in [1.82, 2.24) is 10.9 Å². The van der Waals surface area contributed by atoms with E-state index in [-0.39, 0.29) is 12.1 Å². The van der Waals surface area contributed by atoms with Gasteiger partial charge in [-0.25, -0.2) is 5.43 Å². The molecule has 2 rings (SSSR count). The van der Waals surface area contributed by atoms with Crippen LogP contribution in [0.1, 0.15) is 11.6 Å². The van der Waals surface area contributed by atoms with Crippen LogP contribution in [0.15, 0.2) is 18.2 Å². The summed E-state index contributed by atoms with van der Waals surface area (Å²) in [6.07, 6.45) is 0. The Kier molecular flexibility index (Phi) is 2.95. The summed E-state index contributed by atoms with van der Waals surface area (Å²) in [5.74, 6) is 0. The van der Waals surface area contributed by atoms with Gasteiger partial charge in [0.15, 0.2) is 0 Å². The molecule has 0 bridgehead atoms. The van der Waals surface area contributed by atoms with Crippen LogP contribution in [0.4, 0.5) is 0 Å². The molecule has 2 unspecified atom stereocenters. The van der Waals surface area contributed by atoms with Gasteiger partial charge in [-0.05, 0) is 12.1 Å². The van der Waals surface area contributed by atoms with Crippen molar-refractivity contribution in [2.24, 2.45) is 5.73 Å². The van der Waals surface area contributed by atoms with Gasteiger partial charge in [0.1, 0.15) is 0 Å². The molecule has 0 aliphatic carbocycles. The van der Waals surface area contributed by atoms with Crippen molar-refractivity contribution in [3.05, 3.63) is 33.8 Å². The molecule has 1 aliphatic heterocycles. The molecule has 14 heavy (non-hydrogen) atoms. The quantitative estimate of drug-likeness (QED) is 0.687. The van der Waals surface area contributed by atoms with E-state index in [1.807, 2.05) is 18.2 Å². The van der Waals surface area contributed by atoms with Crippen LogP contribution in [-0.4, -0.2) is 12.6 Å². The Morgan fingerprint density at radius 1 is 1.29 bits per heavy atom. The fraction of sp³-hybridized carbons (Fsp3) is 0.333. The minimum atomic E-state index is -0.0174. The number of halogens is 2. The SMILES string of the molecule is NC1CNNC1c1c(Cl)cccc1Cl. The molecule has 0 amide bonds. The average molecular weight is 232 g/mol. The molecular formula is C9H11Cl2N3. The summed E-state index contributed by atoms with van der Waals surface area (Å²) in [6.45, 7) is 0.715. The summed E-state index contributed by atoms with van der Waals surface area (Å²) in [5.41, 5.74) is 12.8. The zero-order valence-corrected chi connectivity index (χ0v) is 8.94. The summed E-state index contributed by atoms with van der Waals surface area (Å²) in [5, 5.41) is 1.29. The van der Waals surface area contributed by atoms with Gasteiger partial charge in [0.2, 0.25) is 0 Å².